The number of aromatic nitrogens is 2. The van der Waals surface area contributed by atoms with Crippen molar-refractivity contribution in [2.24, 2.45) is 5.92 Å². The number of aliphatic hydroxyl groups excluding tert-OH is 1. The molecule has 3 atom stereocenters. The summed E-state index contributed by atoms with van der Waals surface area (Å²) in [6.07, 6.45) is 0.910. The molecule has 0 bridgehead atoms. The van der Waals surface area contributed by atoms with Gasteiger partial charge in [-0.1, -0.05) is 0 Å². The lowest BCUT2D eigenvalue weighted by molar-refractivity contribution is 0.162. The maximum Gasteiger partial charge on any atom is 0.328 e. The number of halogens is 1. The third-order valence-corrected chi connectivity index (χ3v) is 3.06. The van der Waals surface area contributed by atoms with Gasteiger partial charge in [0, 0.05) is 30.8 Å². The number of H-pyrrole nitrogens is 1. The molecule has 1 heterocycles. The average Bonchev–Trinajstić information content (AvgIpc) is 2.59. The fraction of sp³-hybridized carbons (Fsp3) is 0.600. The standard InChI is InChI=1S/C10H13FN2O3/c11-8-4-7(3-6(8)5-14)13-2-1-9(15)12-10(13)16/h1-2,6-8,14H,3-5H2,(H,12,15,16)/t6-,7-,8+/m1/s1. The molecule has 88 valence electrons. The molecule has 5 nitrogen and oxygen atoms in total. The molecule has 6 heteroatoms. The summed E-state index contributed by atoms with van der Waals surface area (Å²) in [6, 6.07) is 0.956. The average molecular weight is 228 g/mol. The van der Waals surface area contributed by atoms with Crippen molar-refractivity contribution in [3.8, 4) is 0 Å². The van der Waals surface area contributed by atoms with E-state index in [0.29, 0.717) is 6.42 Å². The van der Waals surface area contributed by atoms with Gasteiger partial charge in [-0.25, -0.2) is 9.18 Å². The Bertz CT molecular complexity index is 481. The lowest BCUT2D eigenvalue weighted by Crippen LogP contribution is -2.30. The van der Waals surface area contributed by atoms with E-state index >= 15 is 0 Å². The van der Waals surface area contributed by atoms with Crippen LogP contribution in [-0.2, 0) is 0 Å². The van der Waals surface area contributed by atoms with Gasteiger partial charge in [0.25, 0.3) is 5.56 Å². The SMILES string of the molecule is O=c1ccn([C@@H]2C[C@H](CO)[C@@H](F)C2)c(=O)[nH]1. The number of nitrogens with zero attached hydrogens (tertiary/aromatic N) is 1. The zero-order valence-corrected chi connectivity index (χ0v) is 8.60. The van der Waals surface area contributed by atoms with Crippen LogP contribution >= 0.6 is 0 Å². The molecule has 1 aliphatic rings. The highest BCUT2D eigenvalue weighted by Gasteiger charge is 2.35. The highest BCUT2D eigenvalue weighted by atomic mass is 19.1. The quantitative estimate of drug-likeness (QED) is 0.737. The van der Waals surface area contributed by atoms with Crippen molar-refractivity contribution >= 4 is 0 Å². The molecule has 1 aliphatic carbocycles. The van der Waals surface area contributed by atoms with E-state index in [-0.39, 0.29) is 19.1 Å². The minimum Gasteiger partial charge on any atom is -0.396 e. The zero-order valence-electron chi connectivity index (χ0n) is 8.60. The van der Waals surface area contributed by atoms with Crippen molar-refractivity contribution < 1.29 is 9.50 Å². The van der Waals surface area contributed by atoms with Crippen LogP contribution in [0.1, 0.15) is 18.9 Å². The molecule has 1 aromatic heterocycles. The van der Waals surface area contributed by atoms with Crippen LogP contribution in [0.25, 0.3) is 0 Å². The largest absolute Gasteiger partial charge is 0.396 e. The van der Waals surface area contributed by atoms with Gasteiger partial charge < -0.3 is 5.11 Å². The monoisotopic (exact) mass is 228 g/mol. The first-order chi connectivity index (χ1) is 7.61. The number of aliphatic hydroxyl groups is 1. The molecule has 0 saturated heterocycles. The molecule has 0 aromatic carbocycles. The second kappa shape index (κ2) is 4.21. The molecule has 2 rings (SSSR count). The van der Waals surface area contributed by atoms with Gasteiger partial charge in [0.2, 0.25) is 0 Å². The molecule has 0 amide bonds. The minimum absolute atomic E-state index is 0.206. The van der Waals surface area contributed by atoms with Crippen molar-refractivity contribution in [2.75, 3.05) is 6.61 Å². The van der Waals surface area contributed by atoms with Gasteiger partial charge in [-0.15, -0.1) is 0 Å². The Labute approximate surface area is 90.5 Å². The Hall–Kier alpha value is -1.43. The molecular weight excluding hydrogens is 215 g/mol. The molecule has 0 radical (unpaired) electrons. The number of aromatic amines is 1. The third kappa shape index (κ3) is 1.92. The van der Waals surface area contributed by atoms with Crippen LogP contribution in [0.15, 0.2) is 21.9 Å². The van der Waals surface area contributed by atoms with Gasteiger partial charge >= 0.3 is 5.69 Å². The van der Waals surface area contributed by atoms with Crippen LogP contribution < -0.4 is 11.2 Å². The number of alkyl halides is 1. The van der Waals surface area contributed by atoms with Gasteiger partial charge in [0.15, 0.2) is 0 Å². The summed E-state index contributed by atoms with van der Waals surface area (Å²) in [5.41, 5.74) is -0.988. The predicted octanol–water partition coefficient (Wildman–Crippen LogP) is -0.182. The van der Waals surface area contributed by atoms with Gasteiger partial charge in [-0.3, -0.25) is 14.3 Å². The predicted molar refractivity (Wildman–Crippen MR) is 55.1 cm³/mol. The van der Waals surface area contributed by atoms with Crippen LogP contribution in [0.2, 0.25) is 0 Å². The summed E-state index contributed by atoms with van der Waals surface area (Å²) in [7, 11) is 0. The summed E-state index contributed by atoms with van der Waals surface area (Å²) in [4.78, 5) is 24.4. The lowest BCUT2D eigenvalue weighted by Gasteiger charge is -2.12. The molecule has 16 heavy (non-hydrogen) atoms. The van der Waals surface area contributed by atoms with Gasteiger partial charge in [-0.2, -0.15) is 0 Å². The highest BCUT2D eigenvalue weighted by Crippen LogP contribution is 2.35. The van der Waals surface area contributed by atoms with E-state index in [1.807, 2.05) is 0 Å². The van der Waals surface area contributed by atoms with E-state index in [1.54, 1.807) is 0 Å². The first-order valence-electron chi connectivity index (χ1n) is 5.18. The number of rotatable bonds is 2. The van der Waals surface area contributed by atoms with Gasteiger partial charge in [0.1, 0.15) is 6.17 Å². The Balaban J connectivity index is 2.27. The van der Waals surface area contributed by atoms with Gasteiger partial charge in [-0.05, 0) is 12.8 Å². The highest BCUT2D eigenvalue weighted by molar-refractivity contribution is 4.92. The molecule has 2 N–H and O–H groups in total. The van der Waals surface area contributed by atoms with Crippen molar-refractivity contribution in [1.29, 1.82) is 0 Å². The fourth-order valence-electron chi connectivity index (χ4n) is 2.18. The number of hydrogen-bond donors (Lipinski definition) is 2. The summed E-state index contributed by atoms with van der Waals surface area (Å²) < 4.78 is 14.7. The summed E-state index contributed by atoms with van der Waals surface area (Å²) in [5.74, 6) is -0.413. The number of hydrogen-bond acceptors (Lipinski definition) is 3. The second-order valence-electron chi connectivity index (χ2n) is 4.10. The maximum atomic E-state index is 13.4. The minimum atomic E-state index is -1.09. The van der Waals surface area contributed by atoms with E-state index in [1.165, 1.54) is 16.8 Å². The van der Waals surface area contributed by atoms with E-state index in [4.69, 9.17) is 5.11 Å². The fourth-order valence-corrected chi connectivity index (χ4v) is 2.18. The molecule has 1 aromatic rings. The molecular formula is C10H13FN2O3. The molecule has 0 unspecified atom stereocenters. The second-order valence-corrected chi connectivity index (χ2v) is 4.10. The molecule has 0 spiro atoms. The Morgan fingerprint density at radius 2 is 2.25 bits per heavy atom. The Morgan fingerprint density at radius 3 is 2.81 bits per heavy atom. The molecule has 0 aliphatic heterocycles. The Kier molecular flexibility index (Phi) is 2.91. The topological polar surface area (TPSA) is 75.1 Å². The third-order valence-electron chi connectivity index (χ3n) is 3.06. The van der Waals surface area contributed by atoms with Crippen molar-refractivity contribution in [1.82, 2.24) is 9.55 Å². The first kappa shape index (κ1) is 11.1. The summed E-state index contributed by atoms with van der Waals surface area (Å²) in [5, 5.41) is 8.93. The van der Waals surface area contributed by atoms with E-state index in [2.05, 4.69) is 4.98 Å². The molecule has 1 fully saturated rings. The van der Waals surface area contributed by atoms with E-state index in [0.717, 1.165) is 0 Å². The van der Waals surface area contributed by atoms with Crippen LogP contribution in [0.5, 0.6) is 0 Å². The van der Waals surface area contributed by atoms with Crippen molar-refractivity contribution in [2.45, 2.75) is 25.1 Å². The normalized spacial score (nSPS) is 29.5. The van der Waals surface area contributed by atoms with Crippen LogP contribution in [0.3, 0.4) is 0 Å². The smallest absolute Gasteiger partial charge is 0.328 e. The van der Waals surface area contributed by atoms with Crippen molar-refractivity contribution in [3.05, 3.63) is 33.1 Å². The summed E-state index contributed by atoms with van der Waals surface area (Å²) in [6.45, 7) is -0.213. The Morgan fingerprint density at radius 1 is 1.50 bits per heavy atom. The van der Waals surface area contributed by atoms with Crippen LogP contribution in [0, 0.1) is 5.92 Å². The van der Waals surface area contributed by atoms with Crippen LogP contribution in [0.4, 0.5) is 4.39 Å². The lowest BCUT2D eigenvalue weighted by atomic mass is 10.1. The first-order valence-corrected chi connectivity index (χ1v) is 5.18. The number of nitrogens with one attached hydrogen (secondary N) is 1. The molecule has 1 saturated carbocycles. The van der Waals surface area contributed by atoms with Gasteiger partial charge in [0.05, 0.1) is 0 Å². The van der Waals surface area contributed by atoms with E-state index < -0.39 is 23.3 Å². The van der Waals surface area contributed by atoms with E-state index in [9.17, 15) is 14.0 Å². The van der Waals surface area contributed by atoms with Crippen molar-refractivity contribution in [3.63, 3.8) is 0 Å². The maximum absolute atomic E-state index is 13.4. The summed E-state index contributed by atoms with van der Waals surface area (Å²) >= 11 is 0. The zero-order chi connectivity index (χ0) is 11.7. The van der Waals surface area contributed by atoms with Crippen LogP contribution in [-0.4, -0.2) is 27.4 Å².